The Bertz CT molecular complexity index is 351. The van der Waals surface area contributed by atoms with Crippen LogP contribution in [-0.2, 0) is 6.54 Å². The lowest BCUT2D eigenvalue weighted by molar-refractivity contribution is 0.252. The minimum absolute atomic E-state index is 0.0225. The zero-order chi connectivity index (χ0) is 13.1. The molecule has 0 saturated heterocycles. The van der Waals surface area contributed by atoms with Gasteiger partial charge in [-0.3, -0.25) is 0 Å². The summed E-state index contributed by atoms with van der Waals surface area (Å²) in [5.74, 6) is 0.112. The van der Waals surface area contributed by atoms with Crippen molar-refractivity contribution in [1.82, 2.24) is 5.32 Å². The van der Waals surface area contributed by atoms with Crippen LogP contribution >= 0.6 is 0 Å². The van der Waals surface area contributed by atoms with Gasteiger partial charge in [-0.05, 0) is 35.6 Å². The molecule has 0 aliphatic carbocycles. The van der Waals surface area contributed by atoms with Gasteiger partial charge < -0.3 is 10.4 Å². The molecule has 0 fully saturated rings. The fraction of sp³-hybridized carbons (Fsp3) is 0.571. The number of hydrogen-bond donors (Lipinski definition) is 2. The lowest BCUT2D eigenvalue weighted by Crippen LogP contribution is -2.29. The molecule has 17 heavy (non-hydrogen) atoms. The summed E-state index contributed by atoms with van der Waals surface area (Å²) in [7, 11) is 0. The van der Waals surface area contributed by atoms with Crippen molar-refractivity contribution in [3.05, 3.63) is 29.6 Å². The topological polar surface area (TPSA) is 32.3 Å². The quantitative estimate of drug-likeness (QED) is 0.845. The summed E-state index contributed by atoms with van der Waals surface area (Å²) in [5, 5.41) is 12.5. The van der Waals surface area contributed by atoms with E-state index in [4.69, 9.17) is 0 Å². The summed E-state index contributed by atoms with van der Waals surface area (Å²) in [6.07, 6.45) is 0. The Morgan fingerprint density at radius 2 is 1.94 bits per heavy atom. The molecular formula is C14H22FNO. The van der Waals surface area contributed by atoms with E-state index in [0.29, 0.717) is 12.5 Å². The molecule has 0 bridgehead atoms. The van der Waals surface area contributed by atoms with Crippen molar-refractivity contribution in [2.75, 3.05) is 6.54 Å². The average molecular weight is 239 g/mol. The van der Waals surface area contributed by atoms with Crippen LogP contribution in [-0.4, -0.2) is 11.7 Å². The second-order valence-corrected chi connectivity index (χ2v) is 5.72. The summed E-state index contributed by atoms with van der Waals surface area (Å²) in [6.45, 7) is 10.2. The lowest BCUT2D eigenvalue weighted by atomic mass is 9.82. The van der Waals surface area contributed by atoms with Crippen LogP contribution in [0.2, 0.25) is 0 Å². The van der Waals surface area contributed by atoms with Gasteiger partial charge in [0.25, 0.3) is 0 Å². The smallest absolute Gasteiger partial charge is 0.127 e. The molecule has 0 aliphatic rings. The first-order chi connectivity index (χ1) is 7.79. The molecule has 2 nitrogen and oxygen atoms in total. The van der Waals surface area contributed by atoms with Crippen molar-refractivity contribution in [3.63, 3.8) is 0 Å². The first-order valence-electron chi connectivity index (χ1n) is 5.98. The van der Waals surface area contributed by atoms with Crippen LogP contribution in [0.15, 0.2) is 18.2 Å². The molecule has 1 atom stereocenters. The third-order valence-electron chi connectivity index (χ3n) is 3.20. The van der Waals surface area contributed by atoms with Crippen LogP contribution in [0, 0.1) is 17.2 Å². The second kappa shape index (κ2) is 5.50. The zero-order valence-electron chi connectivity index (χ0n) is 11.0. The van der Waals surface area contributed by atoms with Gasteiger partial charge in [0.15, 0.2) is 0 Å². The maximum atomic E-state index is 13.0. The van der Waals surface area contributed by atoms with Crippen LogP contribution < -0.4 is 5.32 Å². The number of nitrogens with one attached hydrogen (secondary N) is 1. The number of rotatable bonds is 4. The van der Waals surface area contributed by atoms with Crippen LogP contribution in [0.25, 0.3) is 0 Å². The first kappa shape index (κ1) is 14.0. The van der Waals surface area contributed by atoms with Crippen molar-refractivity contribution in [2.45, 2.75) is 34.2 Å². The van der Waals surface area contributed by atoms with E-state index in [1.54, 1.807) is 6.07 Å². The van der Waals surface area contributed by atoms with Gasteiger partial charge in [-0.15, -0.1) is 0 Å². The third kappa shape index (κ3) is 4.73. The Hall–Kier alpha value is -1.09. The van der Waals surface area contributed by atoms with E-state index in [0.717, 1.165) is 18.2 Å². The van der Waals surface area contributed by atoms with Gasteiger partial charge in [0, 0.05) is 12.6 Å². The monoisotopic (exact) mass is 239 g/mol. The van der Waals surface area contributed by atoms with E-state index < -0.39 is 5.82 Å². The van der Waals surface area contributed by atoms with Gasteiger partial charge in [0.05, 0.1) is 0 Å². The van der Waals surface area contributed by atoms with Crippen molar-refractivity contribution < 1.29 is 9.50 Å². The predicted molar refractivity (Wildman–Crippen MR) is 68.4 cm³/mol. The Balaban J connectivity index is 2.46. The lowest BCUT2D eigenvalue weighted by Gasteiger charge is -2.27. The summed E-state index contributed by atoms with van der Waals surface area (Å²) in [4.78, 5) is 0. The van der Waals surface area contributed by atoms with E-state index in [9.17, 15) is 9.50 Å². The van der Waals surface area contributed by atoms with Gasteiger partial charge >= 0.3 is 0 Å². The van der Waals surface area contributed by atoms with E-state index in [1.165, 1.54) is 6.07 Å². The Kier molecular flexibility index (Phi) is 4.52. The molecule has 0 aliphatic heterocycles. The SMILES string of the molecule is CC(CNCc1cc(O)cc(F)c1)C(C)(C)C. The Labute approximate surface area is 103 Å². The van der Waals surface area contributed by atoms with Gasteiger partial charge in [-0.25, -0.2) is 4.39 Å². The largest absolute Gasteiger partial charge is 0.508 e. The number of aromatic hydroxyl groups is 1. The molecule has 0 heterocycles. The van der Waals surface area contributed by atoms with Gasteiger partial charge in [-0.2, -0.15) is 0 Å². The second-order valence-electron chi connectivity index (χ2n) is 5.72. The molecule has 0 radical (unpaired) electrons. The number of phenols is 1. The van der Waals surface area contributed by atoms with Crippen LogP contribution in [0.3, 0.4) is 0 Å². The summed E-state index contributed by atoms with van der Waals surface area (Å²) in [5.41, 5.74) is 1.03. The molecule has 1 aromatic carbocycles. The van der Waals surface area contributed by atoms with Crippen molar-refractivity contribution >= 4 is 0 Å². The maximum absolute atomic E-state index is 13.0. The van der Waals surface area contributed by atoms with E-state index in [2.05, 4.69) is 33.0 Å². The number of phenolic OH excluding ortho intramolecular Hbond substituents is 1. The molecule has 0 saturated carbocycles. The molecule has 0 aromatic heterocycles. The van der Waals surface area contributed by atoms with E-state index in [1.807, 2.05) is 0 Å². The predicted octanol–water partition coefficient (Wildman–Crippen LogP) is 3.30. The Morgan fingerprint density at radius 1 is 1.29 bits per heavy atom. The third-order valence-corrected chi connectivity index (χ3v) is 3.20. The van der Waals surface area contributed by atoms with Gasteiger partial charge in [-0.1, -0.05) is 27.7 Å². The fourth-order valence-electron chi connectivity index (χ4n) is 1.47. The molecule has 0 spiro atoms. The number of hydrogen-bond acceptors (Lipinski definition) is 2. The van der Waals surface area contributed by atoms with Crippen molar-refractivity contribution in [2.24, 2.45) is 11.3 Å². The minimum atomic E-state index is -0.398. The van der Waals surface area contributed by atoms with Gasteiger partial charge in [0.2, 0.25) is 0 Å². The standard InChI is InChI=1S/C14H22FNO/c1-10(14(2,3)4)8-16-9-11-5-12(15)7-13(17)6-11/h5-7,10,16-17H,8-9H2,1-4H3. The first-order valence-corrected chi connectivity index (χ1v) is 5.98. The van der Waals surface area contributed by atoms with Crippen LogP contribution in [0.4, 0.5) is 4.39 Å². The minimum Gasteiger partial charge on any atom is -0.508 e. The highest BCUT2D eigenvalue weighted by Crippen LogP contribution is 2.24. The van der Waals surface area contributed by atoms with Crippen molar-refractivity contribution in [1.29, 1.82) is 0 Å². The summed E-state index contributed by atoms with van der Waals surface area (Å²) >= 11 is 0. The number of halogens is 1. The van der Waals surface area contributed by atoms with Crippen LogP contribution in [0.5, 0.6) is 5.75 Å². The average Bonchev–Trinajstić information content (AvgIpc) is 2.14. The Morgan fingerprint density at radius 3 is 2.47 bits per heavy atom. The highest BCUT2D eigenvalue weighted by molar-refractivity contribution is 5.28. The molecule has 1 aromatic rings. The van der Waals surface area contributed by atoms with Crippen LogP contribution in [0.1, 0.15) is 33.3 Å². The normalized spacial score (nSPS) is 13.7. The highest BCUT2D eigenvalue weighted by Gasteiger charge is 2.19. The van der Waals surface area contributed by atoms with E-state index in [-0.39, 0.29) is 11.2 Å². The highest BCUT2D eigenvalue weighted by atomic mass is 19.1. The molecular weight excluding hydrogens is 217 g/mol. The fourth-order valence-corrected chi connectivity index (χ4v) is 1.47. The van der Waals surface area contributed by atoms with Crippen molar-refractivity contribution in [3.8, 4) is 5.75 Å². The molecule has 2 N–H and O–H groups in total. The summed E-state index contributed by atoms with van der Waals surface area (Å²) in [6, 6.07) is 4.13. The molecule has 1 rings (SSSR count). The van der Waals surface area contributed by atoms with E-state index >= 15 is 0 Å². The molecule has 96 valence electrons. The zero-order valence-corrected chi connectivity index (χ0v) is 11.0. The summed E-state index contributed by atoms with van der Waals surface area (Å²) < 4.78 is 13.0. The molecule has 0 amide bonds. The maximum Gasteiger partial charge on any atom is 0.127 e. The van der Waals surface area contributed by atoms with Gasteiger partial charge in [0.1, 0.15) is 11.6 Å². The molecule has 1 unspecified atom stereocenters. The molecule has 3 heteroatoms. The number of benzene rings is 1.